The van der Waals surface area contributed by atoms with Gasteiger partial charge in [-0.05, 0) is 36.7 Å². The standard InChI is InChI=1S/C11H7Cl2N3O2S/c1-6-9(16(17)18)10(15-11(13)14-6)19-8-4-2-3-7(12)5-8/h2-5H,1H3. The van der Waals surface area contributed by atoms with Crippen LogP contribution in [0.2, 0.25) is 10.3 Å². The maximum Gasteiger partial charge on any atom is 0.322 e. The van der Waals surface area contributed by atoms with Crippen molar-refractivity contribution in [2.45, 2.75) is 16.8 Å². The Labute approximate surface area is 123 Å². The van der Waals surface area contributed by atoms with Crippen molar-refractivity contribution in [1.82, 2.24) is 9.97 Å². The van der Waals surface area contributed by atoms with Gasteiger partial charge in [0, 0.05) is 9.92 Å². The topological polar surface area (TPSA) is 68.9 Å². The highest BCUT2D eigenvalue weighted by atomic mass is 35.5. The van der Waals surface area contributed by atoms with Gasteiger partial charge < -0.3 is 0 Å². The van der Waals surface area contributed by atoms with Crippen LogP contribution in [0.5, 0.6) is 0 Å². The number of aryl methyl sites for hydroxylation is 1. The lowest BCUT2D eigenvalue weighted by Crippen LogP contribution is -2.00. The summed E-state index contributed by atoms with van der Waals surface area (Å²) in [6, 6.07) is 6.96. The van der Waals surface area contributed by atoms with Gasteiger partial charge >= 0.3 is 5.69 Å². The van der Waals surface area contributed by atoms with E-state index in [1.54, 1.807) is 24.3 Å². The Hall–Kier alpha value is -1.37. The molecule has 0 radical (unpaired) electrons. The molecule has 0 saturated carbocycles. The lowest BCUT2D eigenvalue weighted by Gasteiger charge is -2.04. The Kier molecular flexibility index (Phi) is 4.24. The van der Waals surface area contributed by atoms with Gasteiger partial charge in [0.05, 0.1) is 4.92 Å². The molecule has 0 fully saturated rings. The summed E-state index contributed by atoms with van der Waals surface area (Å²) in [4.78, 5) is 19.0. The van der Waals surface area contributed by atoms with Crippen LogP contribution in [0.4, 0.5) is 5.69 Å². The first-order valence-corrected chi connectivity index (χ1v) is 6.66. The molecule has 0 spiro atoms. The van der Waals surface area contributed by atoms with Gasteiger partial charge in [-0.25, -0.2) is 9.97 Å². The first kappa shape index (κ1) is 14.0. The fourth-order valence-corrected chi connectivity index (χ4v) is 2.95. The third kappa shape index (κ3) is 3.34. The average molecular weight is 316 g/mol. The molecule has 0 bridgehead atoms. The summed E-state index contributed by atoms with van der Waals surface area (Å²) < 4.78 is 0. The van der Waals surface area contributed by atoms with E-state index in [0.717, 1.165) is 16.7 Å². The Morgan fingerprint density at radius 3 is 2.68 bits per heavy atom. The number of nitro groups is 1. The molecular weight excluding hydrogens is 309 g/mol. The second-order valence-electron chi connectivity index (χ2n) is 3.55. The quantitative estimate of drug-likeness (QED) is 0.368. The van der Waals surface area contributed by atoms with Crippen LogP contribution in [-0.4, -0.2) is 14.9 Å². The van der Waals surface area contributed by atoms with E-state index in [0.29, 0.717) is 5.02 Å². The van der Waals surface area contributed by atoms with Crippen molar-refractivity contribution in [2.75, 3.05) is 0 Å². The summed E-state index contributed by atoms with van der Waals surface area (Å²) in [6.45, 7) is 1.52. The molecule has 1 aromatic heterocycles. The van der Waals surface area contributed by atoms with Gasteiger partial charge in [-0.1, -0.05) is 29.4 Å². The van der Waals surface area contributed by atoms with Crippen molar-refractivity contribution in [3.8, 4) is 0 Å². The Balaban J connectivity index is 2.47. The minimum Gasteiger partial charge on any atom is -0.258 e. The summed E-state index contributed by atoms with van der Waals surface area (Å²) >= 11 is 12.7. The van der Waals surface area contributed by atoms with Crippen molar-refractivity contribution < 1.29 is 4.92 Å². The number of aromatic nitrogens is 2. The molecule has 0 aliphatic heterocycles. The van der Waals surface area contributed by atoms with Crippen LogP contribution in [0.3, 0.4) is 0 Å². The van der Waals surface area contributed by atoms with E-state index in [1.165, 1.54) is 6.92 Å². The van der Waals surface area contributed by atoms with Crippen molar-refractivity contribution >= 4 is 40.7 Å². The van der Waals surface area contributed by atoms with E-state index in [2.05, 4.69) is 9.97 Å². The zero-order valence-corrected chi connectivity index (χ0v) is 12.0. The molecule has 0 aliphatic carbocycles. The van der Waals surface area contributed by atoms with Crippen LogP contribution >= 0.6 is 35.0 Å². The molecule has 0 aliphatic rings. The number of nitrogens with zero attached hydrogens (tertiary/aromatic N) is 3. The molecule has 5 nitrogen and oxygen atoms in total. The first-order chi connectivity index (χ1) is 8.97. The number of hydrogen-bond donors (Lipinski definition) is 0. The number of hydrogen-bond acceptors (Lipinski definition) is 5. The van der Waals surface area contributed by atoms with Crippen LogP contribution in [-0.2, 0) is 0 Å². The van der Waals surface area contributed by atoms with Crippen LogP contribution < -0.4 is 0 Å². The average Bonchev–Trinajstić information content (AvgIpc) is 2.26. The van der Waals surface area contributed by atoms with Crippen molar-refractivity contribution in [1.29, 1.82) is 0 Å². The second kappa shape index (κ2) is 5.73. The molecule has 1 heterocycles. The smallest absolute Gasteiger partial charge is 0.258 e. The van der Waals surface area contributed by atoms with Crippen LogP contribution in [0.25, 0.3) is 0 Å². The molecule has 1 aromatic carbocycles. The van der Waals surface area contributed by atoms with Gasteiger partial charge in [0.25, 0.3) is 0 Å². The van der Waals surface area contributed by atoms with Crippen molar-refractivity contribution in [2.24, 2.45) is 0 Å². The molecule has 98 valence electrons. The van der Waals surface area contributed by atoms with Gasteiger partial charge in [0.1, 0.15) is 5.69 Å². The van der Waals surface area contributed by atoms with E-state index in [-0.39, 0.29) is 21.7 Å². The minimum absolute atomic E-state index is 0.0207. The number of benzene rings is 1. The predicted molar refractivity (Wildman–Crippen MR) is 74.0 cm³/mol. The largest absolute Gasteiger partial charge is 0.322 e. The normalized spacial score (nSPS) is 10.5. The van der Waals surface area contributed by atoms with Crippen LogP contribution in [0.15, 0.2) is 34.2 Å². The van der Waals surface area contributed by atoms with Crippen LogP contribution in [0, 0.1) is 17.0 Å². The fraction of sp³-hybridized carbons (Fsp3) is 0.0909. The van der Waals surface area contributed by atoms with Gasteiger partial charge in [0.2, 0.25) is 5.28 Å². The van der Waals surface area contributed by atoms with Gasteiger partial charge in [-0.3, -0.25) is 10.1 Å². The SMILES string of the molecule is Cc1nc(Cl)nc(Sc2cccc(Cl)c2)c1[N+](=O)[O-]. The third-order valence-electron chi connectivity index (χ3n) is 2.19. The molecule has 8 heteroatoms. The second-order valence-corrected chi connectivity index (χ2v) is 5.39. The first-order valence-electron chi connectivity index (χ1n) is 5.09. The zero-order valence-electron chi connectivity index (χ0n) is 9.63. The van der Waals surface area contributed by atoms with Crippen molar-refractivity contribution in [3.63, 3.8) is 0 Å². The summed E-state index contributed by atoms with van der Waals surface area (Å²) in [5, 5.41) is 11.8. The Bertz CT molecular complexity index is 652. The molecule has 0 saturated heterocycles. The summed E-state index contributed by atoms with van der Waals surface area (Å²) in [6.07, 6.45) is 0. The summed E-state index contributed by atoms with van der Waals surface area (Å²) in [7, 11) is 0. The highest BCUT2D eigenvalue weighted by molar-refractivity contribution is 7.99. The maximum atomic E-state index is 11.1. The minimum atomic E-state index is -0.515. The number of halogens is 2. The molecule has 0 amide bonds. The van der Waals surface area contributed by atoms with Crippen LogP contribution in [0.1, 0.15) is 5.69 Å². The highest BCUT2D eigenvalue weighted by Crippen LogP contribution is 2.35. The predicted octanol–water partition coefficient (Wildman–Crippen LogP) is 4.15. The zero-order chi connectivity index (χ0) is 14.0. The molecule has 2 rings (SSSR count). The molecular formula is C11H7Cl2N3O2S. The van der Waals surface area contributed by atoms with Gasteiger partial charge in [-0.15, -0.1) is 0 Å². The van der Waals surface area contributed by atoms with E-state index in [4.69, 9.17) is 23.2 Å². The Morgan fingerprint density at radius 1 is 1.32 bits per heavy atom. The van der Waals surface area contributed by atoms with E-state index in [9.17, 15) is 10.1 Å². The molecule has 19 heavy (non-hydrogen) atoms. The van der Waals surface area contributed by atoms with E-state index >= 15 is 0 Å². The Morgan fingerprint density at radius 2 is 2.05 bits per heavy atom. The summed E-state index contributed by atoms with van der Waals surface area (Å²) in [5.41, 5.74) is 0.0869. The fourth-order valence-electron chi connectivity index (χ4n) is 1.43. The summed E-state index contributed by atoms with van der Waals surface area (Å²) in [5.74, 6) is 0. The number of rotatable bonds is 3. The molecule has 0 unspecified atom stereocenters. The lowest BCUT2D eigenvalue weighted by atomic mass is 10.4. The van der Waals surface area contributed by atoms with Gasteiger partial charge in [-0.2, -0.15) is 0 Å². The van der Waals surface area contributed by atoms with E-state index in [1.807, 2.05) is 0 Å². The third-order valence-corrected chi connectivity index (χ3v) is 3.56. The molecule has 0 atom stereocenters. The van der Waals surface area contributed by atoms with Crippen molar-refractivity contribution in [3.05, 3.63) is 50.4 Å². The maximum absolute atomic E-state index is 11.1. The van der Waals surface area contributed by atoms with E-state index < -0.39 is 4.92 Å². The van der Waals surface area contributed by atoms with Gasteiger partial charge in [0.15, 0.2) is 5.03 Å². The highest BCUT2D eigenvalue weighted by Gasteiger charge is 2.22. The molecule has 2 aromatic rings. The monoisotopic (exact) mass is 315 g/mol. The molecule has 0 N–H and O–H groups in total. The lowest BCUT2D eigenvalue weighted by molar-refractivity contribution is -0.389.